The molecule has 1 aliphatic carbocycles. The third-order valence-electron chi connectivity index (χ3n) is 3.90. The number of rotatable bonds is 3. The van der Waals surface area contributed by atoms with Gasteiger partial charge >= 0.3 is 0 Å². The predicted molar refractivity (Wildman–Crippen MR) is 72.2 cm³/mol. The average molecular weight is 242 g/mol. The van der Waals surface area contributed by atoms with Gasteiger partial charge in [0.15, 0.2) is 0 Å². The molecule has 3 rings (SSSR count). The van der Waals surface area contributed by atoms with Gasteiger partial charge in [0.2, 0.25) is 0 Å². The van der Waals surface area contributed by atoms with Gasteiger partial charge in [0.25, 0.3) is 0 Å². The molecular weight excluding hydrogens is 224 g/mol. The van der Waals surface area contributed by atoms with E-state index in [4.69, 9.17) is 4.74 Å². The Morgan fingerprint density at radius 2 is 2.39 bits per heavy atom. The van der Waals surface area contributed by atoms with Crippen LogP contribution in [0.4, 0.5) is 0 Å². The molecule has 0 bridgehead atoms. The first kappa shape index (κ1) is 11.5. The summed E-state index contributed by atoms with van der Waals surface area (Å²) in [5.74, 6) is 1.58. The van der Waals surface area contributed by atoms with Crippen molar-refractivity contribution < 1.29 is 4.74 Å². The van der Waals surface area contributed by atoms with Crippen molar-refractivity contribution in [3.05, 3.63) is 42.9 Å². The molecule has 1 fully saturated rings. The number of hydrogen-bond acceptors (Lipinski definition) is 3. The summed E-state index contributed by atoms with van der Waals surface area (Å²) in [4.78, 5) is 4.23. The Hall–Kier alpha value is -1.61. The maximum absolute atomic E-state index is 5.28. The molecule has 94 valence electrons. The molecule has 1 N–H and O–H groups in total. The Morgan fingerprint density at radius 1 is 1.44 bits per heavy atom. The summed E-state index contributed by atoms with van der Waals surface area (Å²) in [6.45, 7) is 4.73. The molecule has 0 unspecified atom stereocenters. The van der Waals surface area contributed by atoms with E-state index in [-0.39, 0.29) is 0 Å². The third kappa shape index (κ3) is 2.18. The van der Waals surface area contributed by atoms with Crippen molar-refractivity contribution in [2.24, 2.45) is 5.92 Å². The second-order valence-electron chi connectivity index (χ2n) is 4.97. The molecule has 1 saturated heterocycles. The molecule has 2 atom stereocenters. The molecule has 18 heavy (non-hydrogen) atoms. The van der Waals surface area contributed by atoms with E-state index in [0.29, 0.717) is 6.04 Å². The van der Waals surface area contributed by atoms with Crippen molar-refractivity contribution in [3.63, 3.8) is 0 Å². The maximum atomic E-state index is 5.28. The van der Waals surface area contributed by atoms with Crippen molar-refractivity contribution >= 4 is 5.57 Å². The van der Waals surface area contributed by atoms with Crippen molar-refractivity contribution in [1.82, 2.24) is 10.3 Å². The number of ether oxygens (including phenoxy) is 1. The minimum atomic E-state index is 0.647. The highest BCUT2D eigenvalue weighted by Crippen LogP contribution is 2.35. The highest BCUT2D eigenvalue weighted by molar-refractivity contribution is 5.67. The lowest BCUT2D eigenvalue weighted by Gasteiger charge is -2.25. The van der Waals surface area contributed by atoms with Gasteiger partial charge in [0, 0.05) is 12.2 Å². The lowest BCUT2D eigenvalue weighted by molar-refractivity contribution is 0.444. The number of aromatic nitrogens is 1. The van der Waals surface area contributed by atoms with Crippen LogP contribution in [-0.4, -0.2) is 17.6 Å². The Labute approximate surface area is 108 Å². The zero-order chi connectivity index (χ0) is 12.4. The van der Waals surface area contributed by atoms with Gasteiger partial charge in [0.1, 0.15) is 5.75 Å². The van der Waals surface area contributed by atoms with E-state index in [1.54, 1.807) is 6.20 Å². The number of pyridine rings is 1. The zero-order valence-electron chi connectivity index (χ0n) is 10.4. The fourth-order valence-electron chi connectivity index (χ4n) is 2.95. The second-order valence-corrected chi connectivity index (χ2v) is 4.97. The first-order valence-electron chi connectivity index (χ1n) is 6.52. The minimum Gasteiger partial charge on any atom is -0.464 e. The van der Waals surface area contributed by atoms with Crippen LogP contribution in [0, 0.1) is 5.92 Å². The van der Waals surface area contributed by atoms with Crippen molar-refractivity contribution in [2.45, 2.75) is 25.3 Å². The summed E-state index contributed by atoms with van der Waals surface area (Å²) in [5.41, 5.74) is 2.55. The standard InChI is InChI=1S/C15H18N2O/c1-2-18-14-7-13(9-16-10-14)12-4-3-11-5-6-17-15(11)8-12/h2,4,7,9-11,15,17H,1,3,5-6,8H2/t11-,15-/m0/s1. The van der Waals surface area contributed by atoms with Crippen molar-refractivity contribution in [1.29, 1.82) is 0 Å². The number of nitrogens with one attached hydrogen (secondary N) is 1. The largest absolute Gasteiger partial charge is 0.464 e. The molecule has 0 radical (unpaired) electrons. The van der Waals surface area contributed by atoms with Crippen LogP contribution in [0.3, 0.4) is 0 Å². The van der Waals surface area contributed by atoms with Gasteiger partial charge in [-0.3, -0.25) is 4.98 Å². The highest BCUT2D eigenvalue weighted by Gasteiger charge is 2.30. The molecule has 0 saturated carbocycles. The second kappa shape index (κ2) is 4.94. The zero-order valence-corrected chi connectivity index (χ0v) is 10.4. The van der Waals surface area contributed by atoms with Gasteiger partial charge in [0.05, 0.1) is 12.5 Å². The fourth-order valence-corrected chi connectivity index (χ4v) is 2.95. The van der Waals surface area contributed by atoms with Crippen LogP contribution in [0.25, 0.3) is 5.57 Å². The molecule has 2 heterocycles. The summed E-state index contributed by atoms with van der Waals surface area (Å²) in [6, 6.07) is 2.68. The van der Waals surface area contributed by atoms with Crippen LogP contribution in [0.1, 0.15) is 24.8 Å². The molecule has 1 aromatic rings. The van der Waals surface area contributed by atoms with Crippen LogP contribution in [-0.2, 0) is 0 Å². The van der Waals surface area contributed by atoms with E-state index >= 15 is 0 Å². The van der Waals surface area contributed by atoms with Gasteiger partial charge in [-0.2, -0.15) is 0 Å². The monoisotopic (exact) mass is 242 g/mol. The normalized spacial score (nSPS) is 26.3. The van der Waals surface area contributed by atoms with E-state index in [2.05, 4.69) is 23.0 Å². The van der Waals surface area contributed by atoms with Crippen LogP contribution >= 0.6 is 0 Å². The quantitative estimate of drug-likeness (QED) is 0.828. The Morgan fingerprint density at radius 3 is 3.28 bits per heavy atom. The van der Waals surface area contributed by atoms with Gasteiger partial charge in [-0.05, 0) is 48.9 Å². The fraction of sp³-hybridized carbons (Fsp3) is 0.400. The third-order valence-corrected chi connectivity index (χ3v) is 3.90. The van der Waals surface area contributed by atoms with E-state index < -0.39 is 0 Å². The van der Waals surface area contributed by atoms with Crippen LogP contribution in [0.5, 0.6) is 5.75 Å². The number of allylic oxidation sites excluding steroid dienone is 1. The molecule has 1 aliphatic heterocycles. The molecule has 1 aromatic heterocycles. The molecular formula is C15H18N2O. The lowest BCUT2D eigenvalue weighted by Crippen LogP contribution is -2.29. The molecule has 2 aliphatic rings. The average Bonchev–Trinajstić information content (AvgIpc) is 2.86. The summed E-state index contributed by atoms with van der Waals surface area (Å²) < 4.78 is 5.28. The summed E-state index contributed by atoms with van der Waals surface area (Å²) in [6.07, 6.45) is 11.0. The summed E-state index contributed by atoms with van der Waals surface area (Å²) >= 11 is 0. The molecule has 3 nitrogen and oxygen atoms in total. The van der Waals surface area contributed by atoms with Gasteiger partial charge in [-0.25, -0.2) is 0 Å². The number of fused-ring (bicyclic) bond motifs is 1. The minimum absolute atomic E-state index is 0.647. The lowest BCUT2D eigenvalue weighted by atomic mass is 9.84. The molecule has 3 heteroatoms. The number of hydrogen-bond donors (Lipinski definition) is 1. The number of nitrogens with zero attached hydrogens (tertiary/aromatic N) is 1. The van der Waals surface area contributed by atoms with Gasteiger partial charge in [-0.15, -0.1) is 0 Å². The Balaban J connectivity index is 1.82. The van der Waals surface area contributed by atoms with Crippen molar-refractivity contribution in [3.8, 4) is 5.75 Å². The van der Waals surface area contributed by atoms with E-state index in [1.165, 1.54) is 30.2 Å². The smallest absolute Gasteiger partial charge is 0.145 e. The predicted octanol–water partition coefficient (Wildman–Crippen LogP) is 2.76. The van der Waals surface area contributed by atoms with Crippen molar-refractivity contribution in [2.75, 3.05) is 6.54 Å². The maximum Gasteiger partial charge on any atom is 0.145 e. The van der Waals surface area contributed by atoms with Crippen LogP contribution in [0.15, 0.2) is 37.4 Å². The summed E-state index contributed by atoms with van der Waals surface area (Å²) in [5, 5.41) is 3.59. The van der Waals surface area contributed by atoms with Gasteiger partial charge in [-0.1, -0.05) is 12.7 Å². The van der Waals surface area contributed by atoms with Crippen LogP contribution < -0.4 is 10.1 Å². The van der Waals surface area contributed by atoms with E-state index in [0.717, 1.165) is 24.6 Å². The molecule has 0 aromatic carbocycles. The Kier molecular flexibility index (Phi) is 3.15. The summed E-state index contributed by atoms with van der Waals surface area (Å²) in [7, 11) is 0. The first-order chi connectivity index (χ1) is 8.86. The van der Waals surface area contributed by atoms with E-state index in [9.17, 15) is 0 Å². The molecule has 0 spiro atoms. The van der Waals surface area contributed by atoms with Crippen LogP contribution in [0.2, 0.25) is 0 Å². The highest BCUT2D eigenvalue weighted by atomic mass is 16.5. The Bertz CT molecular complexity index is 481. The van der Waals surface area contributed by atoms with Gasteiger partial charge < -0.3 is 10.1 Å². The first-order valence-corrected chi connectivity index (χ1v) is 6.52. The SMILES string of the molecule is C=COc1cncc(C2=CC[C@H]3CCN[C@H]3C2)c1. The topological polar surface area (TPSA) is 34.1 Å². The molecule has 0 amide bonds. The van der Waals surface area contributed by atoms with E-state index in [1.807, 2.05) is 12.3 Å².